The molecule has 0 spiro atoms. The molecule has 0 aliphatic heterocycles. The molecule has 1 aliphatic carbocycles. The molecule has 1 aromatic heterocycles. The van der Waals surface area contributed by atoms with Crippen molar-refractivity contribution in [3.8, 4) is 16.9 Å². The molecule has 0 atom stereocenters. The first-order valence-corrected chi connectivity index (χ1v) is 16.3. The Kier molecular flexibility index (Phi) is 10.2. The van der Waals surface area contributed by atoms with Crippen LogP contribution in [0.2, 0.25) is 0 Å². The summed E-state index contributed by atoms with van der Waals surface area (Å²) in [5.41, 5.74) is 12.0. The Hall–Kier alpha value is -4.36. The van der Waals surface area contributed by atoms with Crippen LogP contribution in [0.3, 0.4) is 0 Å². The molecule has 0 amide bonds. The summed E-state index contributed by atoms with van der Waals surface area (Å²) in [7, 11) is 0. The van der Waals surface area contributed by atoms with Gasteiger partial charge < -0.3 is 4.57 Å². The predicted octanol–water partition coefficient (Wildman–Crippen LogP) is 12.9. The average Bonchev–Trinajstić information content (AvgIpc) is 3.84. The summed E-state index contributed by atoms with van der Waals surface area (Å²) < 4.78 is 2.52. The van der Waals surface area contributed by atoms with E-state index in [1.165, 1.54) is 79.3 Å². The van der Waals surface area contributed by atoms with E-state index >= 15 is 0 Å². The van der Waals surface area contributed by atoms with E-state index in [0.717, 1.165) is 12.8 Å². The second kappa shape index (κ2) is 14.4. The van der Waals surface area contributed by atoms with Crippen LogP contribution in [0.15, 0.2) is 127 Å². The van der Waals surface area contributed by atoms with Crippen LogP contribution in [0.4, 0.5) is 0 Å². The molecule has 1 saturated carbocycles. The van der Waals surface area contributed by atoms with Gasteiger partial charge in [-0.1, -0.05) is 123 Å². The maximum absolute atomic E-state index is 2.52. The van der Waals surface area contributed by atoms with Gasteiger partial charge in [-0.25, -0.2) is 0 Å². The number of fused-ring (bicyclic) bond motifs is 3. The van der Waals surface area contributed by atoms with Gasteiger partial charge in [0.15, 0.2) is 0 Å². The van der Waals surface area contributed by atoms with Crippen molar-refractivity contribution < 1.29 is 0 Å². The lowest BCUT2D eigenvalue weighted by Crippen LogP contribution is -1.99. The fraction of sp³-hybridized carbons (Fsp3) is 0.256. The van der Waals surface area contributed by atoms with Gasteiger partial charge in [-0.2, -0.15) is 0 Å². The van der Waals surface area contributed by atoms with E-state index < -0.39 is 0 Å². The standard InChI is InChI=1S/C32H29N.C11H18/c1-4-21(2)23-15-18-26(19-16-23)33-29-20-17-24-10-6-8-12-28(24)31(29)30(25-13-14-25)32(33)27-11-7-5-9-22(27)3;1-4-6-7-8-10-11(3)9-5-2/h4-12,15-20,25H,13-14H2,1-3H3;6-10H,4-5H2,1-3H3/b21-4+;7-6-,10-8-,11-9-. The van der Waals surface area contributed by atoms with E-state index in [2.05, 4.69) is 167 Å². The Bertz CT molecular complexity index is 1850. The van der Waals surface area contributed by atoms with Crippen LogP contribution in [0.1, 0.15) is 82.9 Å². The van der Waals surface area contributed by atoms with Crippen LogP contribution >= 0.6 is 0 Å². The highest BCUT2D eigenvalue weighted by molar-refractivity contribution is 6.12. The summed E-state index contributed by atoms with van der Waals surface area (Å²) in [4.78, 5) is 0. The zero-order valence-electron chi connectivity index (χ0n) is 27.4. The molecule has 0 radical (unpaired) electrons. The third-order valence-corrected chi connectivity index (χ3v) is 8.66. The van der Waals surface area contributed by atoms with E-state index in [1.54, 1.807) is 0 Å². The lowest BCUT2D eigenvalue weighted by atomic mass is 9.96. The second-order valence-corrected chi connectivity index (χ2v) is 11.9. The van der Waals surface area contributed by atoms with Gasteiger partial charge in [-0.15, -0.1) is 0 Å². The fourth-order valence-corrected chi connectivity index (χ4v) is 6.08. The van der Waals surface area contributed by atoms with E-state index in [0.29, 0.717) is 5.92 Å². The minimum atomic E-state index is 0.638. The topological polar surface area (TPSA) is 4.93 Å². The Morgan fingerprint density at radius 2 is 1.55 bits per heavy atom. The van der Waals surface area contributed by atoms with Gasteiger partial charge in [0.1, 0.15) is 0 Å². The third-order valence-electron chi connectivity index (χ3n) is 8.66. The molecule has 0 unspecified atom stereocenters. The molecule has 0 bridgehead atoms. The maximum atomic E-state index is 2.52. The van der Waals surface area contributed by atoms with Gasteiger partial charge in [-0.3, -0.25) is 0 Å². The molecule has 4 aromatic carbocycles. The van der Waals surface area contributed by atoms with Crippen molar-refractivity contribution in [3.05, 3.63) is 144 Å². The van der Waals surface area contributed by atoms with E-state index in [9.17, 15) is 0 Å². The van der Waals surface area contributed by atoms with Crippen molar-refractivity contribution in [3.63, 3.8) is 0 Å². The molecule has 1 heteroatoms. The quantitative estimate of drug-likeness (QED) is 0.162. The van der Waals surface area contributed by atoms with Gasteiger partial charge in [0, 0.05) is 16.6 Å². The van der Waals surface area contributed by atoms with Crippen molar-refractivity contribution in [1.82, 2.24) is 4.57 Å². The molecule has 1 nitrogen and oxygen atoms in total. The van der Waals surface area contributed by atoms with Gasteiger partial charge in [0.25, 0.3) is 0 Å². The van der Waals surface area contributed by atoms with Crippen molar-refractivity contribution in [2.75, 3.05) is 0 Å². The molecule has 6 rings (SSSR count). The lowest BCUT2D eigenvalue weighted by molar-refractivity contribution is 1.08. The number of hydrogen-bond donors (Lipinski definition) is 0. The first-order valence-electron chi connectivity index (χ1n) is 16.3. The van der Waals surface area contributed by atoms with Crippen LogP contribution in [-0.4, -0.2) is 4.57 Å². The maximum Gasteiger partial charge on any atom is 0.0578 e. The molecule has 0 saturated heterocycles. The Balaban J connectivity index is 0.000000301. The number of benzene rings is 4. The number of nitrogens with zero attached hydrogens (tertiary/aromatic N) is 1. The molecule has 0 N–H and O–H groups in total. The number of rotatable bonds is 8. The van der Waals surface area contributed by atoms with Crippen LogP contribution in [-0.2, 0) is 0 Å². The molecule has 1 heterocycles. The Morgan fingerprint density at radius 1 is 0.818 bits per heavy atom. The third kappa shape index (κ3) is 6.73. The minimum Gasteiger partial charge on any atom is -0.309 e. The zero-order chi connectivity index (χ0) is 31.1. The van der Waals surface area contributed by atoms with Crippen LogP contribution < -0.4 is 0 Å². The van der Waals surface area contributed by atoms with Gasteiger partial charge in [0.2, 0.25) is 0 Å². The predicted molar refractivity (Wildman–Crippen MR) is 195 cm³/mol. The van der Waals surface area contributed by atoms with Gasteiger partial charge >= 0.3 is 0 Å². The summed E-state index contributed by atoms with van der Waals surface area (Å²) in [5.74, 6) is 0.638. The SMILES string of the molecule is C/C=C(\C)c1ccc(-n2c(-c3ccccc3C)c(C3CC3)c3c4ccccc4ccc32)cc1.CC\C=C/C=C\C(C)=C/CC. The monoisotopic (exact) mass is 577 g/mol. The second-order valence-electron chi connectivity index (χ2n) is 11.9. The fourth-order valence-electron chi connectivity index (χ4n) is 6.08. The van der Waals surface area contributed by atoms with E-state index in [-0.39, 0.29) is 0 Å². The molecular weight excluding hydrogens is 530 g/mol. The van der Waals surface area contributed by atoms with Crippen LogP contribution in [0, 0.1) is 6.92 Å². The highest BCUT2D eigenvalue weighted by Gasteiger charge is 2.33. The summed E-state index contributed by atoms with van der Waals surface area (Å²) in [6.45, 7) is 12.9. The molecule has 1 fully saturated rings. The average molecular weight is 578 g/mol. The van der Waals surface area contributed by atoms with Gasteiger partial charge in [0.05, 0.1) is 11.2 Å². The number of aryl methyl sites for hydroxylation is 1. The first kappa shape index (κ1) is 31.1. The molecule has 1 aliphatic rings. The van der Waals surface area contributed by atoms with Crippen LogP contribution in [0.5, 0.6) is 0 Å². The molecule has 44 heavy (non-hydrogen) atoms. The lowest BCUT2D eigenvalue weighted by Gasteiger charge is -2.15. The number of hydrogen-bond acceptors (Lipinski definition) is 0. The first-order chi connectivity index (χ1) is 21.5. The van der Waals surface area contributed by atoms with Crippen molar-refractivity contribution in [2.24, 2.45) is 0 Å². The van der Waals surface area contributed by atoms with Crippen molar-refractivity contribution >= 4 is 27.2 Å². The number of allylic oxidation sites excluding steroid dienone is 8. The largest absolute Gasteiger partial charge is 0.309 e. The minimum absolute atomic E-state index is 0.638. The van der Waals surface area contributed by atoms with Crippen molar-refractivity contribution in [2.45, 2.75) is 73.1 Å². The summed E-state index contributed by atoms with van der Waals surface area (Å²) in [6.07, 6.45) is 17.6. The normalized spacial score (nSPS) is 14.1. The van der Waals surface area contributed by atoms with Crippen LogP contribution in [0.25, 0.3) is 44.2 Å². The summed E-state index contributed by atoms with van der Waals surface area (Å²) in [6, 6.07) is 31.4. The number of aromatic nitrogens is 1. The molecule has 224 valence electrons. The van der Waals surface area contributed by atoms with E-state index in [4.69, 9.17) is 0 Å². The van der Waals surface area contributed by atoms with Gasteiger partial charge in [-0.05, 0) is 111 Å². The smallest absolute Gasteiger partial charge is 0.0578 e. The van der Waals surface area contributed by atoms with E-state index in [1.807, 2.05) is 0 Å². The Labute approximate surface area is 265 Å². The summed E-state index contributed by atoms with van der Waals surface area (Å²) >= 11 is 0. The molecular formula is C43H47N. The zero-order valence-corrected chi connectivity index (χ0v) is 27.4. The van der Waals surface area contributed by atoms with Crippen molar-refractivity contribution in [1.29, 1.82) is 0 Å². The molecule has 5 aromatic rings. The highest BCUT2D eigenvalue weighted by Crippen LogP contribution is 2.51. The summed E-state index contributed by atoms with van der Waals surface area (Å²) in [5, 5.41) is 4.12. The highest BCUT2D eigenvalue weighted by atomic mass is 15.0. The Morgan fingerprint density at radius 3 is 2.23 bits per heavy atom.